The van der Waals surface area contributed by atoms with Crippen LogP contribution >= 0.6 is 11.3 Å². The van der Waals surface area contributed by atoms with E-state index in [2.05, 4.69) is 20.3 Å². The van der Waals surface area contributed by atoms with E-state index < -0.39 is 11.6 Å². The number of rotatable bonds is 5. The largest absolute Gasteiger partial charge is 0.298 e. The van der Waals surface area contributed by atoms with Gasteiger partial charge in [0.2, 0.25) is 0 Å². The van der Waals surface area contributed by atoms with Crippen LogP contribution in [0.25, 0.3) is 5.82 Å². The molecule has 0 aliphatic carbocycles. The minimum atomic E-state index is -0.887. The Bertz CT molecular complexity index is 1110. The fraction of sp³-hybridized carbons (Fsp3) is 0.0526. The van der Waals surface area contributed by atoms with E-state index in [0.717, 1.165) is 17.0 Å². The van der Waals surface area contributed by atoms with Gasteiger partial charge in [-0.1, -0.05) is 6.07 Å². The molecule has 0 unspecified atom stereocenters. The number of benzene rings is 1. The summed E-state index contributed by atoms with van der Waals surface area (Å²) in [6.07, 6.45) is 8.48. The molecule has 28 heavy (non-hydrogen) atoms. The van der Waals surface area contributed by atoms with Crippen LogP contribution in [0.2, 0.25) is 0 Å². The fourth-order valence-corrected chi connectivity index (χ4v) is 3.38. The van der Waals surface area contributed by atoms with E-state index in [4.69, 9.17) is 0 Å². The third-order valence-electron chi connectivity index (χ3n) is 3.92. The van der Waals surface area contributed by atoms with Crippen molar-refractivity contribution >= 4 is 22.4 Å². The van der Waals surface area contributed by atoms with E-state index in [1.165, 1.54) is 23.6 Å². The molecule has 0 spiro atoms. The Morgan fingerprint density at radius 2 is 2.00 bits per heavy atom. The molecule has 0 atom stereocenters. The number of nitrogens with one attached hydrogen (secondary N) is 1. The first-order chi connectivity index (χ1) is 13.6. The van der Waals surface area contributed by atoms with E-state index in [9.17, 15) is 13.6 Å². The first kappa shape index (κ1) is 17.9. The van der Waals surface area contributed by atoms with Gasteiger partial charge in [0.25, 0.3) is 5.91 Å². The molecule has 0 radical (unpaired) electrons. The highest BCUT2D eigenvalue weighted by Crippen LogP contribution is 2.22. The minimum Gasteiger partial charge on any atom is -0.298 e. The number of pyridine rings is 1. The van der Waals surface area contributed by atoms with E-state index >= 15 is 0 Å². The number of halogens is 2. The van der Waals surface area contributed by atoms with Crippen molar-refractivity contribution in [1.29, 1.82) is 0 Å². The molecule has 1 aromatic carbocycles. The molecule has 0 saturated heterocycles. The van der Waals surface area contributed by atoms with Gasteiger partial charge in [-0.05, 0) is 29.8 Å². The first-order valence-corrected chi connectivity index (χ1v) is 9.04. The van der Waals surface area contributed by atoms with Gasteiger partial charge in [-0.2, -0.15) is 0 Å². The number of hydrogen-bond donors (Lipinski definition) is 1. The third-order valence-corrected chi connectivity index (χ3v) is 4.83. The third kappa shape index (κ3) is 3.94. The zero-order valence-corrected chi connectivity index (χ0v) is 15.2. The highest BCUT2D eigenvalue weighted by Gasteiger charge is 2.11. The van der Waals surface area contributed by atoms with Crippen LogP contribution in [-0.4, -0.2) is 25.4 Å². The molecule has 0 aliphatic rings. The zero-order chi connectivity index (χ0) is 19.5. The van der Waals surface area contributed by atoms with Gasteiger partial charge >= 0.3 is 0 Å². The number of amides is 1. The molecule has 3 aromatic heterocycles. The number of anilines is 1. The van der Waals surface area contributed by atoms with Crippen molar-refractivity contribution in [2.45, 2.75) is 6.42 Å². The second-order valence-corrected chi connectivity index (χ2v) is 7.00. The number of imidazole rings is 1. The van der Waals surface area contributed by atoms with Gasteiger partial charge in [0.1, 0.15) is 12.1 Å². The molecular formula is C19H13F2N5OS. The number of thiazole rings is 1. The maximum Gasteiger partial charge on any atom is 0.259 e. The number of nitrogens with zero attached hydrogens (tertiary/aromatic N) is 4. The Hall–Kier alpha value is -3.46. The van der Waals surface area contributed by atoms with Crippen LogP contribution in [0.3, 0.4) is 0 Å². The zero-order valence-electron chi connectivity index (χ0n) is 14.3. The standard InChI is InChI=1S/C19H13F2N5OS/c20-15-3-1-12(8-16(15)21)7-14-10-24-19(28-14)25-18(27)13-2-4-17(23-9-13)26-6-5-22-11-26/h1-6,8-11H,7H2,(H,24,25,27). The Morgan fingerprint density at radius 1 is 1.11 bits per heavy atom. The second kappa shape index (κ2) is 7.65. The molecule has 9 heteroatoms. The lowest BCUT2D eigenvalue weighted by molar-refractivity contribution is 0.102. The summed E-state index contributed by atoms with van der Waals surface area (Å²) in [5.41, 5.74) is 1.01. The van der Waals surface area contributed by atoms with Crippen LogP contribution in [0.4, 0.5) is 13.9 Å². The van der Waals surface area contributed by atoms with Crippen LogP contribution in [0.5, 0.6) is 0 Å². The Labute approximate surface area is 162 Å². The lowest BCUT2D eigenvalue weighted by atomic mass is 10.1. The van der Waals surface area contributed by atoms with Gasteiger partial charge in [-0.15, -0.1) is 11.3 Å². The van der Waals surface area contributed by atoms with Crippen LogP contribution in [0.15, 0.2) is 61.4 Å². The molecule has 1 N–H and O–H groups in total. The smallest absolute Gasteiger partial charge is 0.259 e. The molecule has 140 valence electrons. The molecule has 1 amide bonds. The molecule has 3 heterocycles. The Morgan fingerprint density at radius 3 is 2.71 bits per heavy atom. The predicted molar refractivity (Wildman–Crippen MR) is 101 cm³/mol. The van der Waals surface area contributed by atoms with Gasteiger partial charge in [0.15, 0.2) is 16.8 Å². The van der Waals surface area contributed by atoms with Crippen LogP contribution in [0, 0.1) is 11.6 Å². The first-order valence-electron chi connectivity index (χ1n) is 8.23. The molecule has 0 fully saturated rings. The van der Waals surface area contributed by atoms with Crippen molar-refractivity contribution in [1.82, 2.24) is 19.5 Å². The van der Waals surface area contributed by atoms with Crippen molar-refractivity contribution in [3.63, 3.8) is 0 Å². The summed E-state index contributed by atoms with van der Waals surface area (Å²) in [5.74, 6) is -1.45. The van der Waals surface area contributed by atoms with Gasteiger partial charge in [-0.25, -0.2) is 23.7 Å². The van der Waals surface area contributed by atoms with Gasteiger partial charge < -0.3 is 0 Å². The van der Waals surface area contributed by atoms with E-state index in [-0.39, 0.29) is 5.91 Å². The number of hydrogen-bond acceptors (Lipinski definition) is 5. The minimum absolute atomic E-state index is 0.335. The lowest BCUT2D eigenvalue weighted by Gasteiger charge is -2.04. The molecule has 0 aliphatic heterocycles. The summed E-state index contributed by atoms with van der Waals surface area (Å²) in [6, 6.07) is 7.14. The normalized spacial score (nSPS) is 10.8. The topological polar surface area (TPSA) is 72.7 Å². The average Bonchev–Trinajstić information content (AvgIpc) is 3.37. The van der Waals surface area contributed by atoms with Crippen LogP contribution < -0.4 is 5.32 Å². The summed E-state index contributed by atoms with van der Waals surface area (Å²) in [6.45, 7) is 0. The Kier molecular flexibility index (Phi) is 4.90. The second-order valence-electron chi connectivity index (χ2n) is 5.89. The van der Waals surface area contributed by atoms with Crippen molar-refractivity contribution in [3.05, 3.63) is 89.1 Å². The maximum atomic E-state index is 13.3. The van der Waals surface area contributed by atoms with Crippen LogP contribution in [-0.2, 0) is 6.42 Å². The number of carbonyl (C=O) groups is 1. The van der Waals surface area contributed by atoms with Crippen LogP contribution in [0.1, 0.15) is 20.8 Å². The number of carbonyl (C=O) groups excluding carboxylic acids is 1. The van der Waals surface area contributed by atoms with E-state index in [1.54, 1.807) is 41.6 Å². The molecule has 4 aromatic rings. The summed E-state index contributed by atoms with van der Waals surface area (Å²) >= 11 is 1.27. The monoisotopic (exact) mass is 397 g/mol. The molecule has 6 nitrogen and oxygen atoms in total. The van der Waals surface area contributed by atoms with Gasteiger partial charge in [0, 0.05) is 36.1 Å². The summed E-state index contributed by atoms with van der Waals surface area (Å²) < 4.78 is 28.0. The predicted octanol–water partition coefficient (Wildman–Crippen LogP) is 3.85. The van der Waals surface area contributed by atoms with Crippen molar-refractivity contribution in [2.24, 2.45) is 0 Å². The van der Waals surface area contributed by atoms with E-state index in [0.29, 0.717) is 28.5 Å². The molecule has 0 bridgehead atoms. The van der Waals surface area contributed by atoms with E-state index in [1.807, 2.05) is 0 Å². The SMILES string of the molecule is O=C(Nc1ncc(Cc2ccc(F)c(F)c2)s1)c1ccc(-n2ccnc2)nc1. The Balaban J connectivity index is 1.41. The highest BCUT2D eigenvalue weighted by molar-refractivity contribution is 7.15. The van der Waals surface area contributed by atoms with Crippen molar-refractivity contribution in [2.75, 3.05) is 5.32 Å². The summed E-state index contributed by atoms with van der Waals surface area (Å²) in [7, 11) is 0. The highest BCUT2D eigenvalue weighted by atomic mass is 32.1. The molecule has 4 rings (SSSR count). The maximum absolute atomic E-state index is 13.3. The van der Waals surface area contributed by atoms with Gasteiger partial charge in [-0.3, -0.25) is 14.7 Å². The molecule has 0 saturated carbocycles. The molecular weight excluding hydrogens is 384 g/mol. The number of aromatic nitrogens is 4. The van der Waals surface area contributed by atoms with Crippen molar-refractivity contribution < 1.29 is 13.6 Å². The average molecular weight is 397 g/mol. The fourth-order valence-electron chi connectivity index (χ4n) is 2.53. The van der Waals surface area contributed by atoms with Gasteiger partial charge in [0.05, 0.1) is 5.56 Å². The lowest BCUT2D eigenvalue weighted by Crippen LogP contribution is -2.12. The van der Waals surface area contributed by atoms with Crippen molar-refractivity contribution in [3.8, 4) is 5.82 Å². The summed E-state index contributed by atoms with van der Waals surface area (Å²) in [4.78, 5) is 25.5. The quantitative estimate of drug-likeness (QED) is 0.555. The summed E-state index contributed by atoms with van der Waals surface area (Å²) in [5, 5.41) is 3.13.